The quantitative estimate of drug-likeness (QED) is 0.887. The molecule has 0 radical (unpaired) electrons. The molecule has 1 heterocycles. The second-order valence-electron chi connectivity index (χ2n) is 5.24. The molecule has 0 amide bonds. The van der Waals surface area contributed by atoms with Crippen molar-refractivity contribution < 1.29 is 9.90 Å². The Morgan fingerprint density at radius 3 is 2.61 bits per heavy atom. The van der Waals surface area contributed by atoms with E-state index in [9.17, 15) is 9.90 Å². The highest BCUT2D eigenvalue weighted by molar-refractivity contribution is 5.79. The molecule has 0 aromatic carbocycles. The van der Waals surface area contributed by atoms with Crippen LogP contribution in [0, 0.1) is 0 Å². The highest BCUT2D eigenvalue weighted by atomic mass is 16.3. The van der Waals surface area contributed by atoms with Crippen molar-refractivity contribution in [3.8, 4) is 0 Å². The van der Waals surface area contributed by atoms with Crippen molar-refractivity contribution in [1.29, 1.82) is 0 Å². The lowest BCUT2D eigenvalue weighted by Crippen LogP contribution is -2.37. The molecule has 100 valence electrons. The number of hydrogen-bond donors (Lipinski definition) is 1. The maximum Gasteiger partial charge on any atom is 0.133 e. The lowest BCUT2D eigenvalue weighted by Gasteiger charge is -2.31. The fourth-order valence-corrected chi connectivity index (χ4v) is 2.61. The van der Waals surface area contributed by atoms with Gasteiger partial charge in [0, 0.05) is 31.5 Å². The average molecular weight is 250 g/mol. The summed E-state index contributed by atoms with van der Waals surface area (Å²) in [6, 6.07) is 2.08. The minimum absolute atomic E-state index is 0.276. The molecule has 0 aliphatic heterocycles. The summed E-state index contributed by atoms with van der Waals surface area (Å²) in [6.45, 7) is 4.97. The maximum absolute atomic E-state index is 11.2. The van der Waals surface area contributed by atoms with E-state index in [1.807, 2.05) is 4.68 Å². The van der Waals surface area contributed by atoms with E-state index in [2.05, 4.69) is 25.0 Å². The van der Waals surface area contributed by atoms with Crippen LogP contribution in [0.3, 0.4) is 0 Å². The number of rotatable bonds is 4. The van der Waals surface area contributed by atoms with Crippen molar-refractivity contribution in [1.82, 2.24) is 9.78 Å². The number of aryl methyl sites for hydroxylation is 2. The predicted molar refractivity (Wildman–Crippen MR) is 69.4 cm³/mol. The molecule has 4 nitrogen and oxygen atoms in total. The number of carbonyl (C=O) groups excluding carboxylic acids is 1. The molecular weight excluding hydrogens is 228 g/mol. The van der Waals surface area contributed by atoms with Crippen LogP contribution in [-0.2, 0) is 24.2 Å². The van der Waals surface area contributed by atoms with Gasteiger partial charge in [-0.15, -0.1) is 0 Å². The second-order valence-corrected chi connectivity index (χ2v) is 5.24. The van der Waals surface area contributed by atoms with Gasteiger partial charge in [0.05, 0.1) is 11.3 Å². The summed E-state index contributed by atoms with van der Waals surface area (Å²) in [6.07, 6.45) is 3.72. The number of Topliss-reactive ketones (excluding diaryl/α,β-unsaturated/α-hetero) is 1. The lowest BCUT2D eigenvalue weighted by atomic mass is 9.81. The van der Waals surface area contributed by atoms with Crippen molar-refractivity contribution in [3.05, 3.63) is 17.5 Å². The van der Waals surface area contributed by atoms with Crippen LogP contribution >= 0.6 is 0 Å². The van der Waals surface area contributed by atoms with Crippen LogP contribution in [0.25, 0.3) is 0 Å². The van der Waals surface area contributed by atoms with Crippen LogP contribution in [0.4, 0.5) is 0 Å². The number of nitrogens with zero attached hydrogens (tertiary/aromatic N) is 2. The Balaban J connectivity index is 2.12. The summed E-state index contributed by atoms with van der Waals surface area (Å²) in [4.78, 5) is 11.2. The van der Waals surface area contributed by atoms with Gasteiger partial charge in [0.2, 0.25) is 0 Å². The van der Waals surface area contributed by atoms with Crippen molar-refractivity contribution in [2.45, 2.75) is 64.5 Å². The van der Waals surface area contributed by atoms with Crippen LogP contribution in [0.5, 0.6) is 0 Å². The van der Waals surface area contributed by atoms with Crippen LogP contribution < -0.4 is 0 Å². The Morgan fingerprint density at radius 1 is 1.39 bits per heavy atom. The molecule has 0 atom stereocenters. The minimum atomic E-state index is -0.716. The molecule has 1 aliphatic rings. The van der Waals surface area contributed by atoms with Crippen LogP contribution in [0.1, 0.15) is 50.9 Å². The summed E-state index contributed by atoms with van der Waals surface area (Å²) < 4.78 is 1.97. The first-order valence-electron chi connectivity index (χ1n) is 6.86. The molecule has 1 aliphatic carbocycles. The Kier molecular flexibility index (Phi) is 3.85. The van der Waals surface area contributed by atoms with Gasteiger partial charge >= 0.3 is 0 Å². The minimum Gasteiger partial charge on any atom is -0.389 e. The highest BCUT2D eigenvalue weighted by Gasteiger charge is 2.33. The van der Waals surface area contributed by atoms with Crippen LogP contribution in [0.15, 0.2) is 6.07 Å². The van der Waals surface area contributed by atoms with Crippen LogP contribution in [0.2, 0.25) is 0 Å². The Hall–Kier alpha value is -1.16. The molecule has 1 aromatic heterocycles. The third-order valence-corrected chi connectivity index (χ3v) is 3.82. The highest BCUT2D eigenvalue weighted by Crippen LogP contribution is 2.29. The third kappa shape index (κ3) is 2.80. The van der Waals surface area contributed by atoms with E-state index >= 15 is 0 Å². The van der Waals surface area contributed by atoms with E-state index < -0.39 is 5.60 Å². The first-order valence-corrected chi connectivity index (χ1v) is 6.86. The molecular formula is C14H22N2O2. The monoisotopic (exact) mass is 250 g/mol. The first kappa shape index (κ1) is 13.3. The second kappa shape index (κ2) is 5.22. The number of aromatic nitrogens is 2. The smallest absolute Gasteiger partial charge is 0.133 e. The lowest BCUT2D eigenvalue weighted by molar-refractivity contribution is -0.125. The van der Waals surface area contributed by atoms with Gasteiger partial charge in [-0.3, -0.25) is 9.48 Å². The van der Waals surface area contributed by atoms with E-state index in [0.717, 1.165) is 24.4 Å². The van der Waals surface area contributed by atoms with E-state index in [1.165, 1.54) is 0 Å². The van der Waals surface area contributed by atoms with E-state index in [0.29, 0.717) is 32.1 Å². The van der Waals surface area contributed by atoms with Gasteiger partial charge in [-0.25, -0.2) is 0 Å². The molecule has 1 saturated carbocycles. The molecule has 0 saturated heterocycles. The standard InChI is InChI=1S/C14H22N2O2/c1-3-11-9-12(16(4-2)15-11)10-14(18)7-5-13(17)6-8-14/h9,18H,3-8,10H2,1-2H3. The predicted octanol–water partition coefficient (Wildman–Crippen LogP) is 1.88. The van der Waals surface area contributed by atoms with Gasteiger partial charge < -0.3 is 5.11 Å². The molecule has 1 fully saturated rings. The van der Waals surface area contributed by atoms with Gasteiger partial charge in [0.1, 0.15) is 5.78 Å². The van der Waals surface area contributed by atoms with Crippen molar-refractivity contribution >= 4 is 5.78 Å². The molecule has 0 unspecified atom stereocenters. The summed E-state index contributed by atoms with van der Waals surface area (Å²) in [5.74, 6) is 0.276. The van der Waals surface area contributed by atoms with Crippen molar-refractivity contribution in [2.75, 3.05) is 0 Å². The Morgan fingerprint density at radius 2 is 2.06 bits per heavy atom. The molecule has 1 aromatic rings. The molecule has 1 N–H and O–H groups in total. The SMILES string of the molecule is CCc1cc(CC2(O)CCC(=O)CC2)n(CC)n1. The third-order valence-electron chi connectivity index (χ3n) is 3.82. The number of carbonyl (C=O) groups is 1. The zero-order valence-corrected chi connectivity index (χ0v) is 11.3. The normalized spacial score (nSPS) is 19.2. The topological polar surface area (TPSA) is 55.1 Å². The molecule has 4 heteroatoms. The maximum atomic E-state index is 11.2. The largest absolute Gasteiger partial charge is 0.389 e. The molecule has 2 rings (SSSR count). The molecule has 18 heavy (non-hydrogen) atoms. The fraction of sp³-hybridized carbons (Fsp3) is 0.714. The van der Waals surface area contributed by atoms with E-state index in [1.54, 1.807) is 0 Å². The van der Waals surface area contributed by atoms with Gasteiger partial charge in [-0.2, -0.15) is 5.10 Å². The zero-order valence-electron chi connectivity index (χ0n) is 11.3. The summed E-state index contributed by atoms with van der Waals surface area (Å²) in [5, 5.41) is 15.0. The van der Waals surface area contributed by atoms with E-state index in [4.69, 9.17) is 0 Å². The summed E-state index contributed by atoms with van der Waals surface area (Å²) in [7, 11) is 0. The Bertz CT molecular complexity index is 427. The van der Waals surface area contributed by atoms with Gasteiger partial charge in [-0.1, -0.05) is 6.92 Å². The Labute approximate surface area is 108 Å². The molecule has 0 spiro atoms. The van der Waals surface area contributed by atoms with Crippen molar-refractivity contribution in [3.63, 3.8) is 0 Å². The summed E-state index contributed by atoms with van der Waals surface area (Å²) >= 11 is 0. The number of hydrogen-bond acceptors (Lipinski definition) is 3. The fourth-order valence-electron chi connectivity index (χ4n) is 2.61. The zero-order chi connectivity index (χ0) is 13.2. The van der Waals surface area contributed by atoms with E-state index in [-0.39, 0.29) is 5.78 Å². The van der Waals surface area contributed by atoms with Crippen LogP contribution in [-0.4, -0.2) is 26.3 Å². The first-order chi connectivity index (χ1) is 8.56. The summed E-state index contributed by atoms with van der Waals surface area (Å²) in [5.41, 5.74) is 1.44. The van der Waals surface area contributed by atoms with Gasteiger partial charge in [-0.05, 0) is 32.3 Å². The van der Waals surface area contributed by atoms with Gasteiger partial charge in [0.15, 0.2) is 0 Å². The number of aliphatic hydroxyl groups is 1. The van der Waals surface area contributed by atoms with Crippen molar-refractivity contribution in [2.24, 2.45) is 0 Å². The average Bonchev–Trinajstić information content (AvgIpc) is 2.75. The molecule has 0 bridgehead atoms. The van der Waals surface area contributed by atoms with Gasteiger partial charge in [0.25, 0.3) is 0 Å². The number of ketones is 1.